The van der Waals surface area contributed by atoms with E-state index >= 15 is 0 Å². The van der Waals surface area contributed by atoms with Gasteiger partial charge in [0, 0.05) is 5.56 Å². The van der Waals surface area contributed by atoms with Gasteiger partial charge in [-0.2, -0.15) is 5.10 Å². The lowest BCUT2D eigenvalue weighted by molar-refractivity contribution is 0.0519. The lowest BCUT2D eigenvalue weighted by atomic mass is 10.1. The molecule has 1 aromatic carbocycles. The minimum atomic E-state index is -0.377. The average molecular weight is 230 g/mol. The second kappa shape index (κ2) is 4.82. The van der Waals surface area contributed by atoms with Gasteiger partial charge in [-0.1, -0.05) is 29.8 Å². The van der Waals surface area contributed by atoms with Crippen LogP contribution in [0.3, 0.4) is 0 Å². The number of nitrogens with one attached hydrogen (secondary N) is 1. The molecule has 1 N–H and O–H groups in total. The number of H-pyrrole nitrogens is 1. The van der Waals surface area contributed by atoms with E-state index in [0.717, 1.165) is 11.3 Å². The number of aromatic amines is 1. The van der Waals surface area contributed by atoms with Gasteiger partial charge in [0.1, 0.15) is 5.69 Å². The Morgan fingerprint density at radius 3 is 2.71 bits per heavy atom. The Labute approximate surface area is 99.6 Å². The van der Waals surface area contributed by atoms with E-state index < -0.39 is 0 Å². The maximum Gasteiger partial charge on any atom is 0.356 e. The molecule has 4 nitrogen and oxygen atoms in total. The topological polar surface area (TPSA) is 55.0 Å². The first-order chi connectivity index (χ1) is 8.20. The van der Waals surface area contributed by atoms with Crippen molar-refractivity contribution in [3.63, 3.8) is 0 Å². The van der Waals surface area contributed by atoms with Gasteiger partial charge >= 0.3 is 5.97 Å². The highest BCUT2D eigenvalue weighted by Crippen LogP contribution is 2.18. The van der Waals surface area contributed by atoms with Crippen LogP contribution in [0.15, 0.2) is 30.3 Å². The number of benzene rings is 1. The Morgan fingerprint density at radius 2 is 2.06 bits per heavy atom. The highest BCUT2D eigenvalue weighted by Gasteiger charge is 2.11. The summed E-state index contributed by atoms with van der Waals surface area (Å²) in [6, 6.07) is 9.66. The molecule has 88 valence electrons. The van der Waals surface area contributed by atoms with Gasteiger partial charge in [0.25, 0.3) is 0 Å². The van der Waals surface area contributed by atoms with Gasteiger partial charge in [0.15, 0.2) is 0 Å². The fourth-order valence-corrected chi connectivity index (χ4v) is 1.51. The molecular formula is C13H14N2O2. The number of hydrogen-bond donors (Lipinski definition) is 1. The van der Waals surface area contributed by atoms with Gasteiger partial charge in [0.2, 0.25) is 0 Å². The van der Waals surface area contributed by atoms with Crippen LogP contribution in [-0.2, 0) is 4.74 Å². The van der Waals surface area contributed by atoms with E-state index in [1.54, 1.807) is 13.0 Å². The summed E-state index contributed by atoms with van der Waals surface area (Å²) < 4.78 is 4.89. The van der Waals surface area contributed by atoms with E-state index in [-0.39, 0.29) is 5.97 Å². The Morgan fingerprint density at radius 1 is 1.35 bits per heavy atom. The summed E-state index contributed by atoms with van der Waals surface area (Å²) in [6.07, 6.45) is 0. The van der Waals surface area contributed by atoms with E-state index in [1.165, 1.54) is 5.56 Å². The molecule has 0 bridgehead atoms. The van der Waals surface area contributed by atoms with Gasteiger partial charge < -0.3 is 4.74 Å². The molecule has 0 aliphatic carbocycles. The minimum absolute atomic E-state index is 0.359. The third-order valence-electron chi connectivity index (χ3n) is 2.42. The number of esters is 1. The Balaban J connectivity index is 2.23. The summed E-state index contributed by atoms with van der Waals surface area (Å²) >= 11 is 0. The molecule has 0 aliphatic rings. The number of carbonyl (C=O) groups is 1. The molecule has 0 aliphatic heterocycles. The van der Waals surface area contributed by atoms with Crippen LogP contribution in [-0.4, -0.2) is 22.8 Å². The number of carbonyl (C=O) groups excluding carboxylic acids is 1. The molecule has 1 heterocycles. The summed E-state index contributed by atoms with van der Waals surface area (Å²) in [6.45, 7) is 4.16. The van der Waals surface area contributed by atoms with Crippen LogP contribution in [0.25, 0.3) is 11.3 Å². The summed E-state index contributed by atoms with van der Waals surface area (Å²) in [4.78, 5) is 11.4. The second-order valence-electron chi connectivity index (χ2n) is 3.75. The molecule has 0 atom stereocenters. The summed E-state index contributed by atoms with van der Waals surface area (Å²) in [5.74, 6) is -0.377. The van der Waals surface area contributed by atoms with Crippen LogP contribution in [0.2, 0.25) is 0 Å². The van der Waals surface area contributed by atoms with Gasteiger partial charge in [-0.15, -0.1) is 0 Å². The molecule has 17 heavy (non-hydrogen) atoms. The van der Waals surface area contributed by atoms with E-state index in [2.05, 4.69) is 10.2 Å². The average Bonchev–Trinajstić information content (AvgIpc) is 2.80. The van der Waals surface area contributed by atoms with Crippen molar-refractivity contribution in [3.8, 4) is 11.3 Å². The van der Waals surface area contributed by atoms with E-state index in [4.69, 9.17) is 4.74 Å². The lowest BCUT2D eigenvalue weighted by Gasteiger charge is -1.97. The Bertz CT molecular complexity index is 514. The summed E-state index contributed by atoms with van der Waals surface area (Å²) in [5, 5.41) is 6.77. The normalized spacial score (nSPS) is 10.2. The van der Waals surface area contributed by atoms with Gasteiger partial charge in [-0.05, 0) is 19.9 Å². The third kappa shape index (κ3) is 2.53. The van der Waals surface area contributed by atoms with Gasteiger partial charge in [0.05, 0.1) is 12.3 Å². The maximum absolute atomic E-state index is 11.4. The first-order valence-corrected chi connectivity index (χ1v) is 5.50. The van der Waals surface area contributed by atoms with Crippen LogP contribution >= 0.6 is 0 Å². The van der Waals surface area contributed by atoms with Crippen molar-refractivity contribution < 1.29 is 9.53 Å². The van der Waals surface area contributed by atoms with Crippen molar-refractivity contribution in [2.75, 3.05) is 6.61 Å². The van der Waals surface area contributed by atoms with Crippen LogP contribution in [0.5, 0.6) is 0 Å². The van der Waals surface area contributed by atoms with E-state index in [1.807, 2.05) is 31.2 Å². The fourth-order valence-electron chi connectivity index (χ4n) is 1.51. The predicted octanol–water partition coefficient (Wildman–Crippen LogP) is 2.56. The van der Waals surface area contributed by atoms with Crippen molar-refractivity contribution in [1.82, 2.24) is 10.2 Å². The zero-order chi connectivity index (χ0) is 12.3. The molecule has 0 radical (unpaired) electrons. The van der Waals surface area contributed by atoms with Crippen molar-refractivity contribution in [2.45, 2.75) is 13.8 Å². The number of hydrogen-bond acceptors (Lipinski definition) is 3. The quantitative estimate of drug-likeness (QED) is 0.824. The first kappa shape index (κ1) is 11.4. The van der Waals surface area contributed by atoms with Crippen molar-refractivity contribution in [3.05, 3.63) is 41.6 Å². The summed E-state index contributed by atoms with van der Waals surface area (Å²) in [7, 11) is 0. The number of aromatic nitrogens is 2. The number of nitrogens with zero attached hydrogens (tertiary/aromatic N) is 1. The molecule has 2 aromatic rings. The number of rotatable bonds is 3. The molecular weight excluding hydrogens is 216 g/mol. The molecule has 4 heteroatoms. The molecule has 0 saturated heterocycles. The van der Waals surface area contributed by atoms with E-state index in [0.29, 0.717) is 12.3 Å². The Kier molecular flexibility index (Phi) is 3.23. The molecule has 1 aromatic heterocycles. The standard InChI is InChI=1S/C13H14N2O2/c1-3-17-13(16)12-8-11(14-15-12)10-6-4-9(2)5-7-10/h4-8H,3H2,1-2H3,(H,14,15). The molecule has 0 unspecified atom stereocenters. The van der Waals surface area contributed by atoms with Crippen LogP contribution in [0.4, 0.5) is 0 Å². The zero-order valence-electron chi connectivity index (χ0n) is 9.86. The predicted molar refractivity (Wildman–Crippen MR) is 64.7 cm³/mol. The van der Waals surface area contributed by atoms with Crippen LogP contribution in [0.1, 0.15) is 23.0 Å². The monoisotopic (exact) mass is 230 g/mol. The fraction of sp³-hybridized carbons (Fsp3) is 0.231. The zero-order valence-corrected chi connectivity index (χ0v) is 9.86. The highest BCUT2D eigenvalue weighted by molar-refractivity contribution is 5.88. The highest BCUT2D eigenvalue weighted by atomic mass is 16.5. The number of aryl methyl sites for hydroxylation is 1. The molecule has 0 amide bonds. The van der Waals surface area contributed by atoms with Crippen molar-refractivity contribution in [1.29, 1.82) is 0 Å². The minimum Gasteiger partial charge on any atom is -0.461 e. The maximum atomic E-state index is 11.4. The molecule has 0 spiro atoms. The van der Waals surface area contributed by atoms with Gasteiger partial charge in [-0.25, -0.2) is 4.79 Å². The summed E-state index contributed by atoms with van der Waals surface area (Å²) in [5.41, 5.74) is 3.28. The third-order valence-corrected chi connectivity index (χ3v) is 2.42. The molecule has 0 fully saturated rings. The SMILES string of the molecule is CCOC(=O)c1cc(-c2ccc(C)cc2)n[nH]1. The van der Waals surface area contributed by atoms with E-state index in [9.17, 15) is 4.79 Å². The smallest absolute Gasteiger partial charge is 0.356 e. The largest absolute Gasteiger partial charge is 0.461 e. The molecule has 2 rings (SSSR count). The molecule has 0 saturated carbocycles. The lowest BCUT2D eigenvalue weighted by Crippen LogP contribution is -2.04. The van der Waals surface area contributed by atoms with Crippen LogP contribution in [0, 0.1) is 6.92 Å². The Hall–Kier alpha value is -2.10. The number of ether oxygens (including phenoxy) is 1. The second-order valence-corrected chi connectivity index (χ2v) is 3.75. The first-order valence-electron chi connectivity index (χ1n) is 5.50. The van der Waals surface area contributed by atoms with Crippen LogP contribution < -0.4 is 0 Å². The van der Waals surface area contributed by atoms with Crippen molar-refractivity contribution >= 4 is 5.97 Å². The van der Waals surface area contributed by atoms with Gasteiger partial charge in [-0.3, -0.25) is 5.10 Å². The van der Waals surface area contributed by atoms with Crippen molar-refractivity contribution in [2.24, 2.45) is 0 Å².